The number of anilines is 1. The summed E-state index contributed by atoms with van der Waals surface area (Å²) in [6.07, 6.45) is 0.514. The molecule has 0 aliphatic carbocycles. The Bertz CT molecular complexity index is 1340. The fourth-order valence-electron chi connectivity index (χ4n) is 3.41. The molecule has 0 radical (unpaired) electrons. The van der Waals surface area contributed by atoms with Crippen LogP contribution in [0.15, 0.2) is 52.6 Å². The molecule has 0 unspecified atom stereocenters. The van der Waals surface area contributed by atoms with E-state index in [0.717, 1.165) is 22.4 Å². The molecule has 32 heavy (non-hydrogen) atoms. The van der Waals surface area contributed by atoms with Crippen LogP contribution >= 0.6 is 11.3 Å². The second kappa shape index (κ2) is 8.92. The van der Waals surface area contributed by atoms with Crippen LogP contribution in [0.1, 0.15) is 28.8 Å². The van der Waals surface area contributed by atoms with Crippen LogP contribution in [-0.2, 0) is 11.2 Å². The molecule has 1 amide bonds. The molecule has 2 aromatic heterocycles. The maximum atomic E-state index is 13.2. The summed E-state index contributed by atoms with van der Waals surface area (Å²) in [5.74, 6) is -0.459. The summed E-state index contributed by atoms with van der Waals surface area (Å²) in [7, 11) is 0. The molecule has 6 nitrogen and oxygen atoms in total. The van der Waals surface area contributed by atoms with E-state index in [2.05, 4.69) is 15.4 Å². The molecule has 0 saturated heterocycles. The van der Waals surface area contributed by atoms with Crippen molar-refractivity contribution in [3.05, 3.63) is 86.4 Å². The number of benzene rings is 2. The monoisotopic (exact) mass is 450 g/mol. The molecule has 0 saturated carbocycles. The Morgan fingerprint density at radius 1 is 1.12 bits per heavy atom. The van der Waals surface area contributed by atoms with Crippen LogP contribution in [0.4, 0.5) is 10.1 Å². The van der Waals surface area contributed by atoms with Gasteiger partial charge in [-0.15, -0.1) is 11.3 Å². The van der Waals surface area contributed by atoms with E-state index in [-0.39, 0.29) is 23.7 Å². The quantitative estimate of drug-likeness (QED) is 0.437. The van der Waals surface area contributed by atoms with E-state index in [0.29, 0.717) is 28.5 Å². The number of thiazole rings is 1. The van der Waals surface area contributed by atoms with Gasteiger partial charge in [0.2, 0.25) is 11.0 Å². The lowest BCUT2D eigenvalue weighted by molar-refractivity contribution is -0.116. The van der Waals surface area contributed by atoms with E-state index in [4.69, 9.17) is 0 Å². The van der Waals surface area contributed by atoms with Gasteiger partial charge in [0.25, 0.3) is 5.56 Å². The highest BCUT2D eigenvalue weighted by molar-refractivity contribution is 7.12. The van der Waals surface area contributed by atoms with Crippen LogP contribution in [-0.4, -0.2) is 20.7 Å². The van der Waals surface area contributed by atoms with Crippen molar-refractivity contribution in [1.29, 1.82) is 0 Å². The fraction of sp³-hybridized carbons (Fsp3) is 0.208. The predicted molar refractivity (Wildman–Crippen MR) is 125 cm³/mol. The highest BCUT2D eigenvalue weighted by Gasteiger charge is 2.16. The SMILES string of the molecule is Cc1ccc(NC(=O)CCc2c(C)[nH]n(-c3nc(-c4ccc(F)cc4)cs3)c2=O)cc1C. The first-order valence-corrected chi connectivity index (χ1v) is 11.1. The normalized spacial score (nSPS) is 11.0. The topological polar surface area (TPSA) is 79.8 Å². The van der Waals surface area contributed by atoms with Gasteiger partial charge in [-0.1, -0.05) is 6.07 Å². The molecule has 0 bridgehead atoms. The summed E-state index contributed by atoms with van der Waals surface area (Å²) in [6.45, 7) is 5.82. The van der Waals surface area contributed by atoms with Crippen molar-refractivity contribution in [3.8, 4) is 16.4 Å². The van der Waals surface area contributed by atoms with Crippen LogP contribution in [0, 0.1) is 26.6 Å². The first kappa shape index (κ1) is 21.7. The number of aryl methyl sites for hydroxylation is 3. The van der Waals surface area contributed by atoms with Gasteiger partial charge in [-0.25, -0.2) is 9.37 Å². The van der Waals surface area contributed by atoms with Gasteiger partial charge in [0.05, 0.1) is 5.69 Å². The smallest absolute Gasteiger partial charge is 0.276 e. The maximum absolute atomic E-state index is 13.2. The number of nitrogens with zero attached hydrogens (tertiary/aromatic N) is 2. The zero-order chi connectivity index (χ0) is 22.8. The molecule has 8 heteroatoms. The second-order valence-electron chi connectivity index (χ2n) is 7.73. The van der Waals surface area contributed by atoms with E-state index in [1.165, 1.54) is 28.2 Å². The average Bonchev–Trinajstić information content (AvgIpc) is 3.35. The fourth-order valence-corrected chi connectivity index (χ4v) is 4.20. The standard InChI is InChI=1S/C24H23FN4O2S/c1-14-4-9-19(12-15(14)2)26-22(30)11-10-20-16(3)28-29(23(20)31)24-27-21(13-32-24)17-5-7-18(25)8-6-17/h4-9,12-13,28H,10-11H2,1-3H3,(H,26,30). The first-order valence-electron chi connectivity index (χ1n) is 10.2. The van der Waals surface area contributed by atoms with Crippen LogP contribution < -0.4 is 10.9 Å². The Morgan fingerprint density at radius 3 is 2.59 bits per heavy atom. The van der Waals surface area contributed by atoms with Crippen LogP contribution in [0.2, 0.25) is 0 Å². The number of aromatic amines is 1. The number of nitrogens with one attached hydrogen (secondary N) is 2. The molecule has 0 aliphatic heterocycles. The van der Waals surface area contributed by atoms with Gasteiger partial charge in [-0.2, -0.15) is 4.68 Å². The highest BCUT2D eigenvalue weighted by atomic mass is 32.1. The Hall–Kier alpha value is -3.52. The predicted octanol–water partition coefficient (Wildman–Crippen LogP) is 4.92. The molecule has 2 heterocycles. The summed E-state index contributed by atoms with van der Waals surface area (Å²) in [5.41, 5.74) is 5.49. The maximum Gasteiger partial charge on any atom is 0.276 e. The Morgan fingerprint density at radius 2 is 1.88 bits per heavy atom. The molecule has 0 fully saturated rings. The van der Waals surface area contributed by atoms with Crippen LogP contribution in [0.25, 0.3) is 16.4 Å². The molecular weight excluding hydrogens is 427 g/mol. The van der Waals surface area contributed by atoms with Gasteiger partial charge in [-0.3, -0.25) is 14.7 Å². The highest BCUT2D eigenvalue weighted by Crippen LogP contribution is 2.24. The summed E-state index contributed by atoms with van der Waals surface area (Å²) >= 11 is 1.31. The van der Waals surface area contributed by atoms with Crippen molar-refractivity contribution in [3.63, 3.8) is 0 Å². The Balaban J connectivity index is 1.47. The van der Waals surface area contributed by atoms with Crippen LogP contribution in [0.5, 0.6) is 0 Å². The average molecular weight is 451 g/mol. The molecule has 0 aliphatic rings. The number of carbonyl (C=O) groups excluding carboxylic acids is 1. The van der Waals surface area contributed by atoms with E-state index in [1.807, 2.05) is 44.4 Å². The molecule has 2 N–H and O–H groups in total. The minimum Gasteiger partial charge on any atom is -0.326 e. The number of carbonyl (C=O) groups is 1. The summed E-state index contributed by atoms with van der Waals surface area (Å²) in [5, 5.41) is 8.25. The third-order valence-corrected chi connectivity index (χ3v) is 6.24. The van der Waals surface area contributed by atoms with Gasteiger partial charge in [0.1, 0.15) is 5.82 Å². The number of H-pyrrole nitrogens is 1. The lowest BCUT2D eigenvalue weighted by Crippen LogP contribution is -2.19. The van der Waals surface area contributed by atoms with Crippen molar-refractivity contribution < 1.29 is 9.18 Å². The first-order chi connectivity index (χ1) is 15.3. The lowest BCUT2D eigenvalue weighted by atomic mass is 10.1. The molecule has 0 spiro atoms. The molecule has 4 aromatic rings. The number of aromatic nitrogens is 3. The zero-order valence-corrected chi connectivity index (χ0v) is 18.8. The van der Waals surface area contributed by atoms with E-state index in [1.54, 1.807) is 12.1 Å². The molecule has 164 valence electrons. The second-order valence-corrected chi connectivity index (χ2v) is 8.56. The number of amides is 1. The Kier molecular flexibility index (Phi) is 6.05. The van der Waals surface area contributed by atoms with E-state index in [9.17, 15) is 14.0 Å². The molecule has 4 rings (SSSR count). The third kappa shape index (κ3) is 4.55. The van der Waals surface area contributed by atoms with E-state index < -0.39 is 0 Å². The lowest BCUT2D eigenvalue weighted by Gasteiger charge is -2.07. The minimum absolute atomic E-state index is 0.146. The van der Waals surface area contributed by atoms with Crippen LogP contribution in [0.3, 0.4) is 0 Å². The molecule has 0 atom stereocenters. The third-order valence-electron chi connectivity index (χ3n) is 5.41. The van der Waals surface area contributed by atoms with Crippen molar-refractivity contribution in [2.75, 3.05) is 5.32 Å². The largest absolute Gasteiger partial charge is 0.326 e. The zero-order valence-electron chi connectivity index (χ0n) is 18.0. The van der Waals surface area contributed by atoms with Crippen molar-refractivity contribution in [1.82, 2.24) is 14.8 Å². The van der Waals surface area contributed by atoms with Crippen molar-refractivity contribution in [2.45, 2.75) is 33.6 Å². The van der Waals surface area contributed by atoms with Gasteiger partial charge in [0.15, 0.2) is 0 Å². The Labute approximate surface area is 188 Å². The van der Waals surface area contributed by atoms with Gasteiger partial charge < -0.3 is 5.32 Å². The van der Waals surface area contributed by atoms with Crippen molar-refractivity contribution in [2.24, 2.45) is 0 Å². The summed E-state index contributed by atoms with van der Waals surface area (Å²) < 4.78 is 14.6. The van der Waals surface area contributed by atoms with Crippen molar-refractivity contribution >= 4 is 22.9 Å². The summed E-state index contributed by atoms with van der Waals surface area (Å²) in [4.78, 5) is 29.9. The van der Waals surface area contributed by atoms with E-state index >= 15 is 0 Å². The number of halogens is 1. The van der Waals surface area contributed by atoms with Gasteiger partial charge in [0, 0.05) is 34.3 Å². The summed E-state index contributed by atoms with van der Waals surface area (Å²) in [6, 6.07) is 11.8. The van der Waals surface area contributed by atoms with Gasteiger partial charge >= 0.3 is 0 Å². The molecular formula is C24H23FN4O2S. The van der Waals surface area contributed by atoms with Gasteiger partial charge in [-0.05, 0) is 74.7 Å². The number of hydrogen-bond donors (Lipinski definition) is 2. The number of rotatable bonds is 6. The molecule has 2 aromatic carbocycles. The minimum atomic E-state index is -0.313. The number of hydrogen-bond acceptors (Lipinski definition) is 4.